The van der Waals surface area contributed by atoms with Crippen molar-refractivity contribution in [1.29, 1.82) is 0 Å². The van der Waals surface area contributed by atoms with Crippen LogP contribution in [0.5, 0.6) is 5.75 Å². The molecule has 0 unspecified atom stereocenters. The highest BCUT2D eigenvalue weighted by Gasteiger charge is 2.15. The lowest BCUT2D eigenvalue weighted by Crippen LogP contribution is -2.23. The number of halogens is 2. The molecule has 0 saturated carbocycles. The molecule has 0 amide bonds. The van der Waals surface area contributed by atoms with Gasteiger partial charge in [-0.05, 0) is 71.0 Å². The van der Waals surface area contributed by atoms with Gasteiger partial charge in [-0.2, -0.15) is 9.78 Å². The van der Waals surface area contributed by atoms with Crippen LogP contribution in [0, 0.1) is 15.9 Å². The van der Waals surface area contributed by atoms with E-state index in [0.717, 1.165) is 25.8 Å². The summed E-state index contributed by atoms with van der Waals surface area (Å²) in [7, 11) is 0. The second-order valence-electron chi connectivity index (χ2n) is 6.48. The van der Waals surface area contributed by atoms with Crippen molar-refractivity contribution in [2.45, 2.75) is 26.2 Å². The van der Waals surface area contributed by atoms with Gasteiger partial charge in [0.1, 0.15) is 18.2 Å². The average molecular weight is 564 g/mol. The summed E-state index contributed by atoms with van der Waals surface area (Å²) >= 11 is 5.61. The maximum Gasteiger partial charge on any atom is 0.282 e. The second-order valence-corrected chi connectivity index (χ2v) is 8.56. The van der Waals surface area contributed by atoms with Crippen molar-refractivity contribution >= 4 is 55.6 Å². The molecule has 1 atom stereocenters. The Morgan fingerprint density at radius 2 is 2.17 bits per heavy atom. The molecule has 5 nitrogen and oxygen atoms in total. The third-order valence-corrected chi connectivity index (χ3v) is 5.81. The molecule has 1 heterocycles. The molecule has 0 aliphatic rings. The first-order valence-electron chi connectivity index (χ1n) is 9.07. The maximum atomic E-state index is 13.1. The lowest BCUT2D eigenvalue weighted by molar-refractivity contribution is 0.368. The zero-order chi connectivity index (χ0) is 21.0. The highest BCUT2D eigenvalue weighted by Crippen LogP contribution is 2.23. The maximum absolute atomic E-state index is 13.1. The Morgan fingerprint density at radius 1 is 1.38 bits per heavy atom. The predicted octanol–water partition coefficient (Wildman–Crippen LogP) is 5.17. The van der Waals surface area contributed by atoms with Crippen molar-refractivity contribution in [3.63, 3.8) is 0 Å². The monoisotopic (exact) mass is 563 g/mol. The number of hydrogen-bond donors (Lipinski definition) is 0. The van der Waals surface area contributed by atoms with Crippen molar-refractivity contribution in [1.82, 2.24) is 9.66 Å². The van der Waals surface area contributed by atoms with Crippen LogP contribution in [-0.2, 0) is 0 Å². The normalized spacial score (nSPS) is 12.2. The first kappa shape index (κ1) is 21.5. The Kier molecular flexibility index (Phi) is 7.09. The van der Waals surface area contributed by atoms with Crippen molar-refractivity contribution in [2.75, 3.05) is 6.61 Å². The summed E-state index contributed by atoms with van der Waals surface area (Å²) in [6.45, 7) is 4.32. The molecule has 2 aromatic carbocycles. The van der Waals surface area contributed by atoms with E-state index in [1.54, 1.807) is 12.3 Å². The molecule has 1 aromatic heterocycles. The number of terminal acetylenes is 1. The number of fused-ring (bicyclic) bond motifs is 1. The molecular formula is C22H19BrIN3O2. The smallest absolute Gasteiger partial charge is 0.282 e. The van der Waals surface area contributed by atoms with Gasteiger partial charge >= 0.3 is 0 Å². The zero-order valence-corrected chi connectivity index (χ0v) is 19.8. The van der Waals surface area contributed by atoms with Gasteiger partial charge in [0, 0.05) is 10.4 Å². The van der Waals surface area contributed by atoms with Gasteiger partial charge in [-0.1, -0.05) is 35.7 Å². The Balaban J connectivity index is 2.06. The number of nitrogens with zero attached hydrogens (tertiary/aromatic N) is 3. The molecule has 3 aromatic rings. The number of ether oxygens (including phenoxy) is 1. The largest absolute Gasteiger partial charge is 0.480 e. The van der Waals surface area contributed by atoms with Gasteiger partial charge < -0.3 is 4.74 Å². The number of hydrogen-bond acceptors (Lipinski definition) is 4. The first-order valence-corrected chi connectivity index (χ1v) is 10.9. The van der Waals surface area contributed by atoms with Gasteiger partial charge in [0.05, 0.1) is 20.7 Å². The molecular weight excluding hydrogens is 545 g/mol. The van der Waals surface area contributed by atoms with Crippen molar-refractivity contribution < 1.29 is 4.74 Å². The molecule has 148 valence electrons. The molecule has 0 N–H and O–H groups in total. The molecule has 29 heavy (non-hydrogen) atoms. The summed E-state index contributed by atoms with van der Waals surface area (Å²) in [5, 5.41) is 5.01. The van der Waals surface area contributed by atoms with E-state index >= 15 is 0 Å². The van der Waals surface area contributed by atoms with E-state index < -0.39 is 0 Å². The average Bonchev–Trinajstić information content (AvgIpc) is 2.72. The fourth-order valence-electron chi connectivity index (χ4n) is 2.74. The number of benzene rings is 2. The summed E-state index contributed by atoms with van der Waals surface area (Å²) in [6.07, 6.45) is 7.75. The first-order chi connectivity index (χ1) is 13.9. The van der Waals surface area contributed by atoms with Crippen LogP contribution in [0.25, 0.3) is 10.9 Å². The van der Waals surface area contributed by atoms with Gasteiger partial charge in [0.15, 0.2) is 0 Å². The van der Waals surface area contributed by atoms with Crippen LogP contribution in [0.2, 0.25) is 0 Å². The standard InChI is InChI=1S/C22H19BrIN3O2/c1-4-10-29-20-9-6-15(11-18(20)24)13-25-27-21(14(3)5-2)26-19-8-7-16(23)12-17(19)22(27)28/h1,6-9,11-14H,5,10H2,2-3H3/t14-/m0/s1. The van der Waals surface area contributed by atoms with E-state index in [-0.39, 0.29) is 18.1 Å². The van der Waals surface area contributed by atoms with E-state index in [1.165, 1.54) is 4.68 Å². The van der Waals surface area contributed by atoms with E-state index in [0.29, 0.717) is 16.7 Å². The molecule has 0 aliphatic heterocycles. The minimum absolute atomic E-state index is 0.0903. The van der Waals surface area contributed by atoms with Crippen molar-refractivity contribution in [3.05, 3.63) is 66.2 Å². The second kappa shape index (κ2) is 9.55. The molecule has 0 radical (unpaired) electrons. The minimum Gasteiger partial charge on any atom is -0.480 e. The highest BCUT2D eigenvalue weighted by molar-refractivity contribution is 14.1. The molecule has 0 aliphatic carbocycles. The molecule has 0 fully saturated rings. The summed E-state index contributed by atoms with van der Waals surface area (Å²) in [4.78, 5) is 17.8. The van der Waals surface area contributed by atoms with Crippen LogP contribution in [-0.4, -0.2) is 22.5 Å². The van der Waals surface area contributed by atoms with Gasteiger partial charge in [0.2, 0.25) is 0 Å². The molecule has 3 rings (SSSR count). The Labute approximate surface area is 191 Å². The minimum atomic E-state index is -0.188. The van der Waals surface area contributed by atoms with Crippen LogP contribution < -0.4 is 10.3 Å². The highest BCUT2D eigenvalue weighted by atomic mass is 127. The van der Waals surface area contributed by atoms with Crippen molar-refractivity contribution in [2.24, 2.45) is 5.10 Å². The van der Waals surface area contributed by atoms with Crippen LogP contribution in [0.4, 0.5) is 0 Å². The Hall–Kier alpha value is -2.18. The van der Waals surface area contributed by atoms with E-state index in [4.69, 9.17) is 16.1 Å². The lowest BCUT2D eigenvalue weighted by atomic mass is 10.1. The fourth-order valence-corrected chi connectivity index (χ4v) is 3.79. The SMILES string of the molecule is C#CCOc1ccc(C=Nn2c([C@@H](C)CC)nc3ccc(Br)cc3c2=O)cc1I. The van der Waals surface area contributed by atoms with E-state index in [1.807, 2.05) is 37.3 Å². The Bertz CT molecular complexity index is 1180. The van der Waals surface area contributed by atoms with Crippen LogP contribution in [0.1, 0.15) is 37.6 Å². The molecule has 7 heteroatoms. The summed E-state index contributed by atoms with van der Waals surface area (Å²) < 4.78 is 8.63. The third-order valence-electron chi connectivity index (χ3n) is 4.48. The van der Waals surface area contributed by atoms with E-state index in [9.17, 15) is 4.79 Å². The van der Waals surface area contributed by atoms with Gasteiger partial charge in [-0.15, -0.1) is 6.42 Å². The van der Waals surface area contributed by atoms with Gasteiger partial charge in [0.25, 0.3) is 5.56 Å². The lowest BCUT2D eigenvalue weighted by Gasteiger charge is -2.14. The quantitative estimate of drug-likeness (QED) is 0.236. The van der Waals surface area contributed by atoms with Crippen LogP contribution >= 0.6 is 38.5 Å². The molecule has 0 bridgehead atoms. The van der Waals surface area contributed by atoms with Crippen LogP contribution in [0.15, 0.2) is 50.8 Å². The van der Waals surface area contributed by atoms with E-state index in [2.05, 4.69) is 56.5 Å². The topological polar surface area (TPSA) is 56.5 Å². The Morgan fingerprint density at radius 3 is 2.86 bits per heavy atom. The van der Waals surface area contributed by atoms with Crippen LogP contribution in [0.3, 0.4) is 0 Å². The number of aromatic nitrogens is 2. The van der Waals surface area contributed by atoms with Gasteiger partial charge in [-0.3, -0.25) is 4.79 Å². The molecule has 0 spiro atoms. The van der Waals surface area contributed by atoms with Gasteiger partial charge in [-0.25, -0.2) is 4.98 Å². The summed E-state index contributed by atoms with van der Waals surface area (Å²) in [5.74, 6) is 3.91. The summed E-state index contributed by atoms with van der Waals surface area (Å²) in [5.41, 5.74) is 1.33. The number of rotatable bonds is 6. The van der Waals surface area contributed by atoms with Crippen molar-refractivity contribution in [3.8, 4) is 18.1 Å². The fraction of sp³-hybridized carbons (Fsp3) is 0.227. The molecule has 0 saturated heterocycles. The third kappa shape index (κ3) is 4.87. The predicted molar refractivity (Wildman–Crippen MR) is 129 cm³/mol. The zero-order valence-electron chi connectivity index (χ0n) is 16.0. The summed E-state index contributed by atoms with van der Waals surface area (Å²) in [6, 6.07) is 11.1.